The molecule has 1 amide bonds. The number of halogens is 1. The molecule has 2 aromatic carbocycles. The minimum atomic E-state index is -0.328. The number of thiazole rings is 1. The van der Waals surface area contributed by atoms with Crippen molar-refractivity contribution in [2.45, 2.75) is 20.0 Å². The molecular formula is C24H25ClN2O5S. The van der Waals surface area contributed by atoms with Crippen molar-refractivity contribution in [1.29, 1.82) is 0 Å². The maximum atomic E-state index is 12.4. The van der Waals surface area contributed by atoms with Gasteiger partial charge < -0.3 is 18.9 Å². The molecule has 1 heterocycles. The molecule has 0 aliphatic rings. The third-order valence-corrected chi connectivity index (χ3v) is 5.49. The zero-order valence-electron chi connectivity index (χ0n) is 19.0. The Morgan fingerprint density at radius 3 is 2.52 bits per heavy atom. The van der Waals surface area contributed by atoms with Crippen LogP contribution < -0.4 is 24.3 Å². The molecule has 0 aliphatic heterocycles. The van der Waals surface area contributed by atoms with Crippen LogP contribution in [0.4, 0.5) is 5.13 Å². The number of amides is 1. The first-order valence-corrected chi connectivity index (χ1v) is 11.3. The lowest BCUT2D eigenvalue weighted by atomic mass is 10.1. The molecule has 1 N–H and O–H groups in total. The average molecular weight is 489 g/mol. The molecule has 9 heteroatoms. The molecule has 33 heavy (non-hydrogen) atoms. The Bertz CT molecular complexity index is 1160. The highest BCUT2D eigenvalue weighted by atomic mass is 35.5. The van der Waals surface area contributed by atoms with E-state index in [-0.39, 0.29) is 12.0 Å². The number of ether oxygens (including phenoxy) is 4. The highest BCUT2D eigenvalue weighted by Gasteiger charge is 2.14. The molecule has 0 saturated carbocycles. The van der Waals surface area contributed by atoms with E-state index in [4.69, 9.17) is 30.5 Å². The quantitative estimate of drug-likeness (QED) is 0.376. The Hall–Kier alpha value is -3.23. The third-order valence-electron chi connectivity index (χ3n) is 4.45. The molecule has 7 nitrogen and oxygen atoms in total. The van der Waals surface area contributed by atoms with Crippen LogP contribution in [-0.2, 0) is 4.79 Å². The highest BCUT2D eigenvalue weighted by Crippen LogP contribution is 2.38. The van der Waals surface area contributed by atoms with Crippen LogP contribution in [0, 0.1) is 0 Å². The van der Waals surface area contributed by atoms with Gasteiger partial charge in [0.1, 0.15) is 11.5 Å². The van der Waals surface area contributed by atoms with Crippen LogP contribution in [0.5, 0.6) is 23.0 Å². The van der Waals surface area contributed by atoms with E-state index in [0.717, 1.165) is 5.56 Å². The van der Waals surface area contributed by atoms with Crippen molar-refractivity contribution in [2.75, 3.05) is 26.6 Å². The first kappa shape index (κ1) is 24.4. The number of aromatic nitrogens is 1. The van der Waals surface area contributed by atoms with Gasteiger partial charge in [-0.15, -0.1) is 11.3 Å². The normalized spacial score (nSPS) is 11.0. The summed E-state index contributed by atoms with van der Waals surface area (Å²) in [5.74, 6) is 1.99. The van der Waals surface area contributed by atoms with Gasteiger partial charge in [0.2, 0.25) is 5.91 Å². The molecule has 3 aromatic rings. The van der Waals surface area contributed by atoms with E-state index in [2.05, 4.69) is 10.3 Å². The molecule has 174 valence electrons. The van der Waals surface area contributed by atoms with Crippen molar-refractivity contribution in [1.82, 2.24) is 4.98 Å². The lowest BCUT2D eigenvalue weighted by molar-refractivity contribution is -0.111. The standard InChI is InChI=1S/C24H25ClN2O5S/c1-14(2)32-23-18(25)10-15(11-21(23)31-5)6-9-22(28)27-24-26-19(13-33-24)17-12-16(29-3)7-8-20(17)30-4/h6-14H,1-5H3,(H,26,27,28)/b9-6+. The molecule has 0 atom stereocenters. The summed E-state index contributed by atoms with van der Waals surface area (Å²) in [4.78, 5) is 16.9. The molecule has 0 aliphatic carbocycles. The van der Waals surface area contributed by atoms with E-state index in [1.807, 2.05) is 37.4 Å². The van der Waals surface area contributed by atoms with Crippen molar-refractivity contribution in [3.8, 4) is 34.3 Å². The SMILES string of the molecule is COc1ccc(OC)c(-c2csc(NC(=O)/C=C/c3cc(Cl)c(OC(C)C)c(OC)c3)n2)c1. The Morgan fingerprint density at radius 2 is 1.85 bits per heavy atom. The van der Waals surface area contributed by atoms with Crippen molar-refractivity contribution >= 4 is 40.1 Å². The Kier molecular flexibility index (Phi) is 8.19. The zero-order valence-corrected chi connectivity index (χ0v) is 20.5. The minimum Gasteiger partial charge on any atom is -0.497 e. The van der Waals surface area contributed by atoms with Gasteiger partial charge in [-0.1, -0.05) is 11.6 Å². The fraction of sp³-hybridized carbons (Fsp3) is 0.250. The molecular weight excluding hydrogens is 464 g/mol. The number of rotatable bonds is 9. The first-order chi connectivity index (χ1) is 15.8. The number of methoxy groups -OCH3 is 3. The molecule has 0 fully saturated rings. The summed E-state index contributed by atoms with van der Waals surface area (Å²) < 4.78 is 21.8. The fourth-order valence-corrected chi connectivity index (χ4v) is 3.95. The van der Waals surface area contributed by atoms with Crippen LogP contribution in [0.1, 0.15) is 19.4 Å². The van der Waals surface area contributed by atoms with Crippen molar-refractivity contribution in [2.24, 2.45) is 0 Å². The van der Waals surface area contributed by atoms with Crippen LogP contribution in [0.2, 0.25) is 5.02 Å². The van der Waals surface area contributed by atoms with Gasteiger partial charge in [-0.05, 0) is 55.8 Å². The Labute approximate surface area is 201 Å². The van der Waals surface area contributed by atoms with E-state index in [0.29, 0.717) is 44.4 Å². The molecule has 0 spiro atoms. The van der Waals surface area contributed by atoms with Gasteiger partial charge in [0.15, 0.2) is 16.6 Å². The van der Waals surface area contributed by atoms with E-state index >= 15 is 0 Å². The number of nitrogens with one attached hydrogen (secondary N) is 1. The van der Waals surface area contributed by atoms with Gasteiger partial charge >= 0.3 is 0 Å². The summed E-state index contributed by atoms with van der Waals surface area (Å²) in [5.41, 5.74) is 2.14. The van der Waals surface area contributed by atoms with Crippen LogP contribution in [-0.4, -0.2) is 38.3 Å². The molecule has 1 aromatic heterocycles. The van der Waals surface area contributed by atoms with Gasteiger partial charge in [-0.3, -0.25) is 10.1 Å². The predicted molar refractivity (Wildman–Crippen MR) is 132 cm³/mol. The summed E-state index contributed by atoms with van der Waals surface area (Å²) in [7, 11) is 4.72. The largest absolute Gasteiger partial charge is 0.497 e. The van der Waals surface area contributed by atoms with Crippen LogP contribution in [0.3, 0.4) is 0 Å². The number of benzene rings is 2. The Balaban J connectivity index is 1.74. The summed E-state index contributed by atoms with van der Waals surface area (Å²) in [6, 6.07) is 8.92. The highest BCUT2D eigenvalue weighted by molar-refractivity contribution is 7.14. The number of anilines is 1. The van der Waals surface area contributed by atoms with Gasteiger partial charge in [0.05, 0.1) is 38.1 Å². The summed E-state index contributed by atoms with van der Waals surface area (Å²) in [6.07, 6.45) is 2.99. The summed E-state index contributed by atoms with van der Waals surface area (Å²) in [6.45, 7) is 3.81. The number of hydrogen-bond acceptors (Lipinski definition) is 7. The fourth-order valence-electron chi connectivity index (χ4n) is 2.97. The summed E-state index contributed by atoms with van der Waals surface area (Å²) >= 11 is 7.65. The van der Waals surface area contributed by atoms with Crippen molar-refractivity contribution in [3.63, 3.8) is 0 Å². The van der Waals surface area contributed by atoms with E-state index in [1.54, 1.807) is 32.4 Å². The minimum absolute atomic E-state index is 0.0521. The maximum Gasteiger partial charge on any atom is 0.250 e. The monoisotopic (exact) mass is 488 g/mol. The number of nitrogens with zero attached hydrogens (tertiary/aromatic N) is 1. The predicted octanol–water partition coefficient (Wildman–Crippen LogP) is 5.93. The maximum absolute atomic E-state index is 12.4. The van der Waals surface area contributed by atoms with Gasteiger partial charge in [0.25, 0.3) is 0 Å². The van der Waals surface area contributed by atoms with Crippen LogP contribution in [0.15, 0.2) is 41.8 Å². The third kappa shape index (κ3) is 6.18. The molecule has 3 rings (SSSR count). The van der Waals surface area contributed by atoms with Crippen molar-refractivity contribution < 1.29 is 23.7 Å². The molecule has 0 bridgehead atoms. The Morgan fingerprint density at radius 1 is 1.09 bits per heavy atom. The molecule has 0 saturated heterocycles. The van der Waals surface area contributed by atoms with Crippen LogP contribution in [0.25, 0.3) is 17.3 Å². The van der Waals surface area contributed by atoms with E-state index in [1.165, 1.54) is 24.5 Å². The second-order valence-electron chi connectivity index (χ2n) is 7.13. The summed E-state index contributed by atoms with van der Waals surface area (Å²) in [5, 5.41) is 5.47. The van der Waals surface area contributed by atoms with Gasteiger partial charge in [-0.25, -0.2) is 4.98 Å². The average Bonchev–Trinajstić information content (AvgIpc) is 3.26. The topological polar surface area (TPSA) is 78.9 Å². The smallest absolute Gasteiger partial charge is 0.250 e. The number of carbonyl (C=O) groups excluding carboxylic acids is 1. The molecule has 0 unspecified atom stereocenters. The van der Waals surface area contributed by atoms with E-state index < -0.39 is 0 Å². The lowest BCUT2D eigenvalue weighted by Gasteiger charge is -2.15. The van der Waals surface area contributed by atoms with Gasteiger partial charge in [0, 0.05) is 17.0 Å². The number of carbonyl (C=O) groups is 1. The van der Waals surface area contributed by atoms with Gasteiger partial charge in [-0.2, -0.15) is 0 Å². The second-order valence-corrected chi connectivity index (χ2v) is 8.39. The first-order valence-electron chi connectivity index (χ1n) is 10.1. The van der Waals surface area contributed by atoms with Crippen molar-refractivity contribution in [3.05, 3.63) is 52.4 Å². The zero-order chi connectivity index (χ0) is 24.0. The van der Waals surface area contributed by atoms with E-state index in [9.17, 15) is 4.79 Å². The number of hydrogen-bond donors (Lipinski definition) is 1. The van der Waals surface area contributed by atoms with Crippen LogP contribution >= 0.6 is 22.9 Å². The lowest BCUT2D eigenvalue weighted by Crippen LogP contribution is -2.08. The molecule has 0 radical (unpaired) electrons. The second kappa shape index (κ2) is 11.1.